The van der Waals surface area contributed by atoms with Crippen molar-refractivity contribution in [2.45, 2.75) is 25.8 Å². The van der Waals surface area contributed by atoms with Crippen LogP contribution in [0, 0.1) is 0 Å². The smallest absolute Gasteiger partial charge is 0.220 e. The number of amides is 1. The Kier molecular flexibility index (Phi) is 6.31. The summed E-state index contributed by atoms with van der Waals surface area (Å²) in [5, 5.41) is 4.15. The Morgan fingerprint density at radius 2 is 1.78 bits per heavy atom. The average molecular weight is 352 g/mol. The molecule has 0 radical (unpaired) electrons. The molecule has 0 aliphatic heterocycles. The van der Waals surface area contributed by atoms with Crippen molar-refractivity contribution < 1.29 is 9.53 Å². The molecule has 122 valence electrons. The van der Waals surface area contributed by atoms with Crippen molar-refractivity contribution in [3.05, 3.63) is 63.6 Å². The van der Waals surface area contributed by atoms with Crippen LogP contribution in [0.2, 0.25) is 10.0 Å². The third-order valence-corrected chi connectivity index (χ3v) is 4.35. The Morgan fingerprint density at radius 3 is 2.43 bits per heavy atom. The normalized spacial score (nSPS) is 11.8. The molecule has 0 bridgehead atoms. The molecule has 0 heterocycles. The van der Waals surface area contributed by atoms with Gasteiger partial charge in [-0.25, -0.2) is 0 Å². The molecule has 0 spiro atoms. The summed E-state index contributed by atoms with van der Waals surface area (Å²) in [4.78, 5) is 12.2. The van der Waals surface area contributed by atoms with Crippen LogP contribution >= 0.6 is 23.2 Å². The fraction of sp³-hybridized carbons (Fsp3) is 0.278. The van der Waals surface area contributed by atoms with Crippen molar-refractivity contribution >= 4 is 29.1 Å². The zero-order valence-corrected chi connectivity index (χ0v) is 14.6. The number of hydrogen-bond donors (Lipinski definition) is 1. The first-order chi connectivity index (χ1) is 11.0. The molecule has 2 aromatic rings. The number of ether oxygens (including phenoxy) is 1. The maximum absolute atomic E-state index is 12.2. The van der Waals surface area contributed by atoms with Gasteiger partial charge in [0.15, 0.2) is 0 Å². The van der Waals surface area contributed by atoms with E-state index in [1.54, 1.807) is 25.3 Å². The van der Waals surface area contributed by atoms with E-state index in [2.05, 4.69) is 5.32 Å². The Hall–Kier alpha value is -1.71. The summed E-state index contributed by atoms with van der Waals surface area (Å²) in [5.41, 5.74) is 1.75. The predicted molar refractivity (Wildman–Crippen MR) is 94.3 cm³/mol. The molecule has 5 heteroatoms. The van der Waals surface area contributed by atoms with Crippen LogP contribution in [0.4, 0.5) is 0 Å². The number of carbonyl (C=O) groups is 1. The fourth-order valence-electron chi connectivity index (χ4n) is 2.43. The van der Waals surface area contributed by atoms with Gasteiger partial charge in [0.1, 0.15) is 5.75 Å². The van der Waals surface area contributed by atoms with Crippen LogP contribution in [0.15, 0.2) is 42.5 Å². The second-order valence-corrected chi connectivity index (χ2v) is 6.05. The van der Waals surface area contributed by atoms with Crippen molar-refractivity contribution in [1.82, 2.24) is 5.32 Å². The predicted octanol–water partition coefficient (Wildman–Crippen LogP) is 4.81. The number of rotatable bonds is 6. The molecule has 0 saturated heterocycles. The first-order valence-electron chi connectivity index (χ1n) is 7.38. The van der Waals surface area contributed by atoms with E-state index in [1.807, 2.05) is 31.2 Å². The van der Waals surface area contributed by atoms with Gasteiger partial charge in [-0.3, -0.25) is 4.79 Å². The minimum Gasteiger partial charge on any atom is -0.496 e. The molecule has 0 fully saturated rings. The number of halogens is 2. The van der Waals surface area contributed by atoms with Crippen LogP contribution < -0.4 is 10.1 Å². The highest BCUT2D eigenvalue weighted by Gasteiger charge is 2.14. The van der Waals surface area contributed by atoms with Gasteiger partial charge in [-0.1, -0.05) is 47.5 Å². The first kappa shape index (κ1) is 17.6. The second-order valence-electron chi connectivity index (χ2n) is 5.23. The van der Waals surface area contributed by atoms with Crippen LogP contribution in [-0.4, -0.2) is 13.0 Å². The Balaban J connectivity index is 1.97. The molecule has 0 saturated carbocycles. The Bertz CT molecular complexity index is 668. The summed E-state index contributed by atoms with van der Waals surface area (Å²) in [6.07, 6.45) is 0.825. The molecule has 1 atom stereocenters. The fourth-order valence-corrected chi connectivity index (χ4v) is 3.01. The number of carbonyl (C=O) groups excluding carboxylic acids is 1. The van der Waals surface area contributed by atoms with Gasteiger partial charge in [0.25, 0.3) is 0 Å². The van der Waals surface area contributed by atoms with E-state index in [-0.39, 0.29) is 11.9 Å². The number of methoxy groups -OCH3 is 1. The summed E-state index contributed by atoms with van der Waals surface area (Å²) in [5.74, 6) is 0.703. The Labute approximate surface area is 146 Å². The standard InChI is InChI=1S/C18H19Cl2NO2/c1-12(13-6-3-4-9-17(13)23-2)21-18(22)11-10-14-15(19)7-5-8-16(14)20/h3-9,12H,10-11H2,1-2H3,(H,21,22)/t12-/m0/s1. The Morgan fingerprint density at radius 1 is 1.13 bits per heavy atom. The number of benzene rings is 2. The molecule has 0 aliphatic rings. The summed E-state index contributed by atoms with van der Waals surface area (Å²) >= 11 is 12.2. The molecule has 2 aromatic carbocycles. The van der Waals surface area contributed by atoms with Gasteiger partial charge < -0.3 is 10.1 Å². The van der Waals surface area contributed by atoms with E-state index in [0.29, 0.717) is 22.9 Å². The zero-order chi connectivity index (χ0) is 16.8. The van der Waals surface area contributed by atoms with Gasteiger partial charge >= 0.3 is 0 Å². The largest absolute Gasteiger partial charge is 0.496 e. The highest BCUT2D eigenvalue weighted by atomic mass is 35.5. The topological polar surface area (TPSA) is 38.3 Å². The van der Waals surface area contributed by atoms with Gasteiger partial charge in [0.05, 0.1) is 13.2 Å². The molecule has 1 amide bonds. The SMILES string of the molecule is COc1ccccc1[C@H](C)NC(=O)CCc1c(Cl)cccc1Cl. The van der Waals surface area contributed by atoms with Gasteiger partial charge in [-0.05, 0) is 37.1 Å². The lowest BCUT2D eigenvalue weighted by atomic mass is 10.1. The van der Waals surface area contributed by atoms with E-state index in [4.69, 9.17) is 27.9 Å². The van der Waals surface area contributed by atoms with Gasteiger partial charge in [0.2, 0.25) is 5.91 Å². The second kappa shape index (κ2) is 8.23. The maximum atomic E-state index is 12.2. The summed E-state index contributed by atoms with van der Waals surface area (Å²) in [7, 11) is 1.62. The quantitative estimate of drug-likeness (QED) is 0.810. The van der Waals surface area contributed by atoms with Crippen LogP contribution in [-0.2, 0) is 11.2 Å². The summed E-state index contributed by atoms with van der Waals surface area (Å²) in [6, 6.07) is 12.8. The van der Waals surface area contributed by atoms with Crippen LogP contribution in [0.25, 0.3) is 0 Å². The molecule has 0 aliphatic carbocycles. The van der Waals surface area contributed by atoms with E-state index < -0.39 is 0 Å². The van der Waals surface area contributed by atoms with Crippen LogP contribution in [0.1, 0.15) is 30.5 Å². The highest BCUT2D eigenvalue weighted by Crippen LogP contribution is 2.26. The van der Waals surface area contributed by atoms with Crippen molar-refractivity contribution in [2.75, 3.05) is 7.11 Å². The lowest BCUT2D eigenvalue weighted by Crippen LogP contribution is -2.27. The molecule has 3 nitrogen and oxygen atoms in total. The monoisotopic (exact) mass is 351 g/mol. The number of nitrogens with one attached hydrogen (secondary N) is 1. The lowest BCUT2D eigenvalue weighted by Gasteiger charge is -2.17. The summed E-state index contributed by atoms with van der Waals surface area (Å²) in [6.45, 7) is 1.93. The zero-order valence-electron chi connectivity index (χ0n) is 13.1. The van der Waals surface area contributed by atoms with Gasteiger partial charge in [-0.15, -0.1) is 0 Å². The van der Waals surface area contributed by atoms with E-state index in [1.165, 1.54) is 0 Å². The molecular weight excluding hydrogens is 333 g/mol. The van der Waals surface area contributed by atoms with Crippen LogP contribution in [0.5, 0.6) is 5.75 Å². The van der Waals surface area contributed by atoms with E-state index in [0.717, 1.165) is 16.9 Å². The van der Waals surface area contributed by atoms with E-state index >= 15 is 0 Å². The minimum absolute atomic E-state index is 0.0561. The number of hydrogen-bond acceptors (Lipinski definition) is 2. The van der Waals surface area contributed by atoms with Crippen molar-refractivity contribution in [2.24, 2.45) is 0 Å². The molecule has 0 unspecified atom stereocenters. The maximum Gasteiger partial charge on any atom is 0.220 e. The molecule has 1 N–H and O–H groups in total. The molecule has 23 heavy (non-hydrogen) atoms. The van der Waals surface area contributed by atoms with Gasteiger partial charge in [0, 0.05) is 22.0 Å². The first-order valence-corrected chi connectivity index (χ1v) is 8.13. The third kappa shape index (κ3) is 4.63. The lowest BCUT2D eigenvalue weighted by molar-refractivity contribution is -0.121. The van der Waals surface area contributed by atoms with Crippen molar-refractivity contribution in [3.63, 3.8) is 0 Å². The van der Waals surface area contributed by atoms with Gasteiger partial charge in [-0.2, -0.15) is 0 Å². The molecule has 2 rings (SSSR count). The highest BCUT2D eigenvalue weighted by molar-refractivity contribution is 6.36. The average Bonchev–Trinajstić information content (AvgIpc) is 2.54. The third-order valence-electron chi connectivity index (χ3n) is 3.65. The molecular formula is C18H19Cl2NO2. The van der Waals surface area contributed by atoms with E-state index in [9.17, 15) is 4.79 Å². The van der Waals surface area contributed by atoms with Crippen molar-refractivity contribution in [3.8, 4) is 5.75 Å². The van der Waals surface area contributed by atoms with Crippen molar-refractivity contribution in [1.29, 1.82) is 0 Å². The number of para-hydroxylation sites is 1. The molecule has 0 aromatic heterocycles. The van der Waals surface area contributed by atoms with Crippen LogP contribution in [0.3, 0.4) is 0 Å². The summed E-state index contributed by atoms with van der Waals surface area (Å²) < 4.78 is 5.32. The minimum atomic E-state index is -0.139.